The number of carbonyl (C=O) groups is 1. The second kappa shape index (κ2) is 5.14. The Bertz CT molecular complexity index is 467. The second-order valence-electron chi connectivity index (χ2n) is 3.69. The SMILES string of the molecule is CCCn1ncc(OC)c1C(=O)C(F)(F)C(F)(F)F. The van der Waals surface area contributed by atoms with E-state index in [1.54, 1.807) is 6.92 Å². The van der Waals surface area contributed by atoms with Crippen molar-refractivity contribution in [2.75, 3.05) is 7.11 Å². The van der Waals surface area contributed by atoms with Crippen molar-refractivity contribution in [2.45, 2.75) is 32.0 Å². The standard InChI is InChI=1S/C10H11F5N2O2/c1-3-4-17-7(6(19-2)5-16-17)8(18)9(11,12)10(13,14)15/h5H,3-4H2,1-2H3. The topological polar surface area (TPSA) is 44.1 Å². The number of hydrogen-bond donors (Lipinski definition) is 0. The monoisotopic (exact) mass is 286 g/mol. The van der Waals surface area contributed by atoms with Crippen molar-refractivity contribution in [3.8, 4) is 5.75 Å². The fourth-order valence-corrected chi connectivity index (χ4v) is 1.41. The van der Waals surface area contributed by atoms with Crippen LogP contribution < -0.4 is 4.74 Å². The molecule has 0 radical (unpaired) electrons. The van der Waals surface area contributed by atoms with Gasteiger partial charge in [0, 0.05) is 6.54 Å². The largest absolute Gasteiger partial charge is 0.493 e. The van der Waals surface area contributed by atoms with Crippen LogP contribution in [0.3, 0.4) is 0 Å². The number of rotatable bonds is 5. The van der Waals surface area contributed by atoms with E-state index in [1.807, 2.05) is 0 Å². The summed E-state index contributed by atoms with van der Waals surface area (Å²) in [4.78, 5) is 11.4. The van der Waals surface area contributed by atoms with Crippen molar-refractivity contribution in [1.29, 1.82) is 0 Å². The van der Waals surface area contributed by atoms with Crippen molar-refractivity contribution in [2.24, 2.45) is 0 Å². The fourth-order valence-electron chi connectivity index (χ4n) is 1.41. The maximum Gasteiger partial charge on any atom is 0.461 e. The first kappa shape index (κ1) is 15.4. The summed E-state index contributed by atoms with van der Waals surface area (Å²) in [5.74, 6) is -8.27. The molecule has 4 nitrogen and oxygen atoms in total. The van der Waals surface area contributed by atoms with Crippen molar-refractivity contribution in [3.05, 3.63) is 11.9 Å². The number of alkyl halides is 5. The van der Waals surface area contributed by atoms with Crippen LogP contribution in [-0.4, -0.2) is 34.8 Å². The Labute approximate surface area is 105 Å². The van der Waals surface area contributed by atoms with Crippen LogP contribution in [0.1, 0.15) is 23.8 Å². The van der Waals surface area contributed by atoms with Crippen LogP contribution in [0.4, 0.5) is 22.0 Å². The molecule has 0 spiro atoms. The van der Waals surface area contributed by atoms with Crippen molar-refractivity contribution < 1.29 is 31.5 Å². The number of carbonyl (C=O) groups excluding carboxylic acids is 1. The van der Waals surface area contributed by atoms with E-state index in [-0.39, 0.29) is 6.54 Å². The predicted molar refractivity (Wildman–Crippen MR) is 54.4 cm³/mol. The number of nitrogens with zero attached hydrogens (tertiary/aromatic N) is 2. The molecule has 19 heavy (non-hydrogen) atoms. The number of aryl methyl sites for hydroxylation is 1. The van der Waals surface area contributed by atoms with Gasteiger partial charge in [-0.1, -0.05) is 6.92 Å². The third kappa shape index (κ3) is 2.69. The summed E-state index contributed by atoms with van der Waals surface area (Å²) in [5.41, 5.74) is -0.883. The summed E-state index contributed by atoms with van der Waals surface area (Å²) in [6.45, 7) is 1.68. The zero-order valence-electron chi connectivity index (χ0n) is 10.1. The van der Waals surface area contributed by atoms with E-state index in [1.165, 1.54) is 0 Å². The molecule has 0 saturated heterocycles. The van der Waals surface area contributed by atoms with E-state index in [4.69, 9.17) is 0 Å². The molecule has 1 rings (SSSR count). The van der Waals surface area contributed by atoms with Gasteiger partial charge in [0.15, 0.2) is 11.4 Å². The number of ether oxygens (including phenoxy) is 1. The lowest BCUT2D eigenvalue weighted by molar-refractivity contribution is -0.256. The highest BCUT2D eigenvalue weighted by Gasteiger charge is 2.64. The zero-order chi connectivity index (χ0) is 14.8. The van der Waals surface area contributed by atoms with E-state index in [0.29, 0.717) is 6.42 Å². The molecule has 9 heteroatoms. The molecule has 0 aliphatic carbocycles. The molecule has 108 valence electrons. The van der Waals surface area contributed by atoms with E-state index in [9.17, 15) is 26.7 Å². The number of aromatic nitrogens is 2. The first-order chi connectivity index (χ1) is 8.66. The van der Waals surface area contributed by atoms with E-state index >= 15 is 0 Å². The minimum absolute atomic E-state index is 0.0262. The maximum absolute atomic E-state index is 13.1. The highest BCUT2D eigenvalue weighted by molar-refractivity contribution is 6.02. The molecule has 0 amide bonds. The normalized spacial score (nSPS) is 12.6. The third-order valence-corrected chi connectivity index (χ3v) is 2.32. The molecule has 0 fully saturated rings. The summed E-state index contributed by atoms with van der Waals surface area (Å²) in [6, 6.07) is 0. The number of ketones is 1. The molecule has 0 aliphatic rings. The summed E-state index contributed by atoms with van der Waals surface area (Å²) in [5, 5.41) is 3.56. The van der Waals surface area contributed by atoms with Crippen molar-refractivity contribution in [1.82, 2.24) is 9.78 Å². The molecule has 1 heterocycles. The van der Waals surface area contributed by atoms with Gasteiger partial charge < -0.3 is 4.74 Å². The minimum Gasteiger partial charge on any atom is -0.493 e. The molecule has 0 bridgehead atoms. The third-order valence-electron chi connectivity index (χ3n) is 2.32. The summed E-state index contributed by atoms with van der Waals surface area (Å²) in [6.07, 6.45) is -4.63. The summed E-state index contributed by atoms with van der Waals surface area (Å²) >= 11 is 0. The molecule has 1 aromatic heterocycles. The quantitative estimate of drug-likeness (QED) is 0.617. The van der Waals surface area contributed by atoms with Crippen LogP contribution in [0.15, 0.2) is 6.20 Å². The molecule has 0 N–H and O–H groups in total. The molecule has 0 aromatic carbocycles. The Hall–Kier alpha value is -1.67. The lowest BCUT2D eigenvalue weighted by atomic mass is 10.1. The Morgan fingerprint density at radius 2 is 1.95 bits per heavy atom. The lowest BCUT2D eigenvalue weighted by Gasteiger charge is -2.19. The lowest BCUT2D eigenvalue weighted by Crippen LogP contribution is -2.45. The van der Waals surface area contributed by atoms with Crippen LogP contribution >= 0.6 is 0 Å². The number of hydrogen-bond acceptors (Lipinski definition) is 3. The van der Waals surface area contributed by atoms with Gasteiger partial charge in [-0.3, -0.25) is 9.48 Å². The average molecular weight is 286 g/mol. The maximum atomic E-state index is 13.1. The Morgan fingerprint density at radius 3 is 2.37 bits per heavy atom. The van der Waals surface area contributed by atoms with Gasteiger partial charge in [0.05, 0.1) is 13.3 Å². The predicted octanol–water partition coefficient (Wildman–Crippen LogP) is 2.68. The van der Waals surface area contributed by atoms with Gasteiger partial charge in [-0.15, -0.1) is 0 Å². The second-order valence-corrected chi connectivity index (χ2v) is 3.69. The highest BCUT2D eigenvalue weighted by Crippen LogP contribution is 2.39. The van der Waals surface area contributed by atoms with E-state index in [2.05, 4.69) is 9.84 Å². The van der Waals surface area contributed by atoms with Gasteiger partial charge in [0.25, 0.3) is 5.78 Å². The average Bonchev–Trinajstić information content (AvgIpc) is 2.69. The van der Waals surface area contributed by atoms with Crippen LogP contribution in [-0.2, 0) is 6.54 Å². The van der Waals surface area contributed by atoms with E-state index in [0.717, 1.165) is 18.0 Å². The smallest absolute Gasteiger partial charge is 0.461 e. The molecular weight excluding hydrogens is 275 g/mol. The van der Waals surface area contributed by atoms with Gasteiger partial charge in [0.2, 0.25) is 0 Å². The van der Waals surface area contributed by atoms with Gasteiger partial charge in [-0.05, 0) is 6.42 Å². The highest BCUT2D eigenvalue weighted by atomic mass is 19.4. The molecule has 0 unspecified atom stereocenters. The number of Topliss-reactive ketones (excluding diaryl/α,β-unsaturated/α-hetero) is 1. The van der Waals surface area contributed by atoms with E-state index < -0.39 is 29.3 Å². The molecule has 1 aromatic rings. The number of halogens is 5. The molecule has 0 aliphatic heterocycles. The van der Waals surface area contributed by atoms with Crippen LogP contribution in [0.5, 0.6) is 5.75 Å². The van der Waals surface area contributed by atoms with Crippen molar-refractivity contribution in [3.63, 3.8) is 0 Å². The van der Waals surface area contributed by atoms with Gasteiger partial charge in [-0.2, -0.15) is 27.1 Å². The zero-order valence-corrected chi connectivity index (χ0v) is 10.1. The van der Waals surface area contributed by atoms with Crippen LogP contribution in [0.25, 0.3) is 0 Å². The van der Waals surface area contributed by atoms with Crippen LogP contribution in [0.2, 0.25) is 0 Å². The van der Waals surface area contributed by atoms with Crippen molar-refractivity contribution >= 4 is 5.78 Å². The Morgan fingerprint density at radius 1 is 1.37 bits per heavy atom. The molecule has 0 saturated carbocycles. The summed E-state index contributed by atoms with van der Waals surface area (Å²) < 4.78 is 68.0. The fraction of sp³-hybridized carbons (Fsp3) is 0.600. The van der Waals surface area contributed by atoms with Crippen LogP contribution in [0, 0.1) is 0 Å². The Kier molecular flexibility index (Phi) is 4.16. The molecular formula is C10H11F5N2O2. The van der Waals surface area contributed by atoms with Gasteiger partial charge >= 0.3 is 12.1 Å². The summed E-state index contributed by atoms with van der Waals surface area (Å²) in [7, 11) is 1.05. The minimum atomic E-state index is -5.96. The van der Waals surface area contributed by atoms with Gasteiger partial charge in [0.1, 0.15) is 0 Å². The first-order valence-electron chi connectivity index (χ1n) is 5.26. The molecule has 0 atom stereocenters. The number of methoxy groups -OCH3 is 1. The van der Waals surface area contributed by atoms with Gasteiger partial charge in [-0.25, -0.2) is 0 Å². The first-order valence-corrected chi connectivity index (χ1v) is 5.26. The Balaban J connectivity index is 3.29.